The highest BCUT2D eigenvalue weighted by atomic mass is 35.5. The van der Waals surface area contributed by atoms with Crippen LogP contribution in [0.15, 0.2) is 30.3 Å². The number of amides is 2. The van der Waals surface area contributed by atoms with Crippen molar-refractivity contribution in [2.24, 2.45) is 5.92 Å². The second-order valence-corrected chi connectivity index (χ2v) is 5.33. The Bertz CT molecular complexity index is 462. The van der Waals surface area contributed by atoms with Crippen molar-refractivity contribution >= 4 is 24.2 Å². The van der Waals surface area contributed by atoms with Crippen molar-refractivity contribution in [3.05, 3.63) is 35.9 Å². The van der Waals surface area contributed by atoms with Crippen LogP contribution in [-0.2, 0) is 16.1 Å². The summed E-state index contributed by atoms with van der Waals surface area (Å²) in [4.78, 5) is 23.6. The minimum atomic E-state index is -0.0375. The van der Waals surface area contributed by atoms with Gasteiger partial charge in [-0.15, -0.1) is 12.4 Å². The number of rotatable bonds is 6. The molecule has 1 saturated heterocycles. The van der Waals surface area contributed by atoms with E-state index in [1.807, 2.05) is 30.3 Å². The van der Waals surface area contributed by atoms with Crippen LogP contribution in [0.1, 0.15) is 24.8 Å². The second kappa shape index (κ2) is 10.2. The van der Waals surface area contributed by atoms with Crippen LogP contribution in [0.3, 0.4) is 0 Å². The monoisotopic (exact) mass is 325 g/mol. The molecule has 0 atom stereocenters. The highest BCUT2D eigenvalue weighted by Gasteiger charge is 2.20. The number of halogens is 1. The van der Waals surface area contributed by atoms with E-state index in [1.165, 1.54) is 0 Å². The SMILES string of the molecule is Cl.O=C(CCNC(=O)C1CCNCC1)NCc1ccccc1. The van der Waals surface area contributed by atoms with E-state index in [4.69, 9.17) is 0 Å². The Kier molecular flexibility index (Phi) is 8.55. The normalized spacial score (nSPS) is 14.7. The molecule has 1 fully saturated rings. The van der Waals surface area contributed by atoms with Crippen molar-refractivity contribution in [2.45, 2.75) is 25.8 Å². The first-order chi connectivity index (χ1) is 10.3. The van der Waals surface area contributed by atoms with Gasteiger partial charge < -0.3 is 16.0 Å². The molecule has 2 amide bonds. The van der Waals surface area contributed by atoms with Gasteiger partial charge >= 0.3 is 0 Å². The van der Waals surface area contributed by atoms with E-state index >= 15 is 0 Å². The molecular formula is C16H24ClN3O2. The molecule has 1 heterocycles. The maximum atomic E-state index is 11.9. The molecule has 0 aromatic heterocycles. The van der Waals surface area contributed by atoms with Gasteiger partial charge in [-0.3, -0.25) is 9.59 Å². The number of benzene rings is 1. The minimum absolute atomic E-state index is 0. The summed E-state index contributed by atoms with van der Waals surface area (Å²) >= 11 is 0. The Hall–Kier alpha value is -1.59. The van der Waals surface area contributed by atoms with Crippen LogP contribution in [0.25, 0.3) is 0 Å². The summed E-state index contributed by atoms with van der Waals surface area (Å²) in [5.41, 5.74) is 1.07. The number of hydrogen-bond acceptors (Lipinski definition) is 3. The molecule has 22 heavy (non-hydrogen) atoms. The van der Waals surface area contributed by atoms with Crippen molar-refractivity contribution in [3.8, 4) is 0 Å². The lowest BCUT2D eigenvalue weighted by molar-refractivity contribution is -0.126. The largest absolute Gasteiger partial charge is 0.355 e. The van der Waals surface area contributed by atoms with Gasteiger partial charge in [-0.1, -0.05) is 30.3 Å². The number of hydrogen-bond donors (Lipinski definition) is 3. The molecule has 0 unspecified atom stereocenters. The maximum absolute atomic E-state index is 11.9. The molecule has 3 N–H and O–H groups in total. The molecule has 1 aliphatic rings. The summed E-state index contributed by atoms with van der Waals surface area (Å²) in [6.45, 7) is 2.73. The average Bonchev–Trinajstić information content (AvgIpc) is 2.54. The summed E-state index contributed by atoms with van der Waals surface area (Å²) < 4.78 is 0. The molecule has 1 aromatic carbocycles. The van der Waals surface area contributed by atoms with Gasteiger partial charge in [0.25, 0.3) is 0 Å². The summed E-state index contributed by atoms with van der Waals surface area (Å²) in [5, 5.41) is 8.94. The molecular weight excluding hydrogens is 302 g/mol. The third kappa shape index (κ3) is 6.45. The van der Waals surface area contributed by atoms with E-state index in [9.17, 15) is 9.59 Å². The van der Waals surface area contributed by atoms with Crippen LogP contribution in [0.5, 0.6) is 0 Å². The first-order valence-corrected chi connectivity index (χ1v) is 7.55. The Balaban J connectivity index is 0.00000242. The van der Waals surface area contributed by atoms with Gasteiger partial charge in [0, 0.05) is 25.4 Å². The van der Waals surface area contributed by atoms with Crippen molar-refractivity contribution in [2.75, 3.05) is 19.6 Å². The van der Waals surface area contributed by atoms with E-state index < -0.39 is 0 Å². The number of carbonyl (C=O) groups is 2. The van der Waals surface area contributed by atoms with Gasteiger partial charge in [-0.25, -0.2) is 0 Å². The van der Waals surface area contributed by atoms with Crippen LogP contribution in [0, 0.1) is 5.92 Å². The minimum Gasteiger partial charge on any atom is -0.355 e. The first kappa shape index (κ1) is 18.5. The van der Waals surface area contributed by atoms with E-state index in [-0.39, 0.29) is 30.1 Å². The van der Waals surface area contributed by atoms with Crippen molar-refractivity contribution in [3.63, 3.8) is 0 Å². The summed E-state index contributed by atoms with van der Waals surface area (Å²) in [5.74, 6) is 0.135. The average molecular weight is 326 g/mol. The smallest absolute Gasteiger partial charge is 0.223 e. The highest BCUT2D eigenvalue weighted by Crippen LogP contribution is 2.11. The van der Waals surface area contributed by atoms with E-state index in [2.05, 4.69) is 16.0 Å². The molecule has 0 aliphatic carbocycles. The van der Waals surface area contributed by atoms with Gasteiger partial charge in [0.1, 0.15) is 0 Å². The third-order valence-electron chi connectivity index (χ3n) is 3.69. The molecule has 0 bridgehead atoms. The van der Waals surface area contributed by atoms with Gasteiger partial charge in [-0.05, 0) is 31.5 Å². The van der Waals surface area contributed by atoms with Crippen LogP contribution in [0.2, 0.25) is 0 Å². The Morgan fingerprint density at radius 2 is 1.77 bits per heavy atom. The lowest BCUT2D eigenvalue weighted by Gasteiger charge is -2.21. The zero-order valence-electron chi connectivity index (χ0n) is 12.6. The number of carbonyl (C=O) groups excluding carboxylic acids is 2. The molecule has 122 valence electrons. The lowest BCUT2D eigenvalue weighted by atomic mass is 9.97. The fourth-order valence-corrected chi connectivity index (χ4v) is 2.41. The molecule has 5 nitrogen and oxygen atoms in total. The number of piperidine rings is 1. The predicted molar refractivity (Wildman–Crippen MR) is 88.8 cm³/mol. The van der Waals surface area contributed by atoms with Crippen molar-refractivity contribution in [1.82, 2.24) is 16.0 Å². The predicted octanol–water partition coefficient (Wildman–Crippen LogP) is 1.23. The standard InChI is InChI=1S/C16H23N3O2.ClH/c20-15(19-12-13-4-2-1-3-5-13)8-11-18-16(21)14-6-9-17-10-7-14;/h1-5,14,17H,6-12H2,(H,18,21)(H,19,20);1H. The molecule has 0 saturated carbocycles. The van der Waals surface area contributed by atoms with Crippen molar-refractivity contribution < 1.29 is 9.59 Å². The van der Waals surface area contributed by atoms with Crippen LogP contribution in [0.4, 0.5) is 0 Å². The Morgan fingerprint density at radius 3 is 2.45 bits per heavy atom. The summed E-state index contributed by atoms with van der Waals surface area (Å²) in [7, 11) is 0. The van der Waals surface area contributed by atoms with Crippen LogP contribution < -0.4 is 16.0 Å². The molecule has 1 aliphatic heterocycles. The lowest BCUT2D eigenvalue weighted by Crippen LogP contribution is -2.39. The van der Waals surface area contributed by atoms with Gasteiger partial charge in [0.05, 0.1) is 0 Å². The maximum Gasteiger partial charge on any atom is 0.223 e. The number of nitrogens with one attached hydrogen (secondary N) is 3. The third-order valence-corrected chi connectivity index (χ3v) is 3.69. The molecule has 0 spiro atoms. The van der Waals surface area contributed by atoms with Crippen LogP contribution in [-0.4, -0.2) is 31.4 Å². The quantitative estimate of drug-likeness (QED) is 0.737. The van der Waals surface area contributed by atoms with Gasteiger partial charge in [0.2, 0.25) is 11.8 Å². The zero-order valence-corrected chi connectivity index (χ0v) is 13.5. The van der Waals surface area contributed by atoms with Crippen molar-refractivity contribution in [1.29, 1.82) is 0 Å². The zero-order chi connectivity index (χ0) is 14.9. The van der Waals surface area contributed by atoms with Gasteiger partial charge in [-0.2, -0.15) is 0 Å². The molecule has 6 heteroatoms. The second-order valence-electron chi connectivity index (χ2n) is 5.33. The Labute approximate surface area is 137 Å². The highest BCUT2D eigenvalue weighted by molar-refractivity contribution is 5.85. The van der Waals surface area contributed by atoms with E-state index in [0.29, 0.717) is 19.5 Å². The van der Waals surface area contributed by atoms with E-state index in [1.54, 1.807) is 0 Å². The van der Waals surface area contributed by atoms with Gasteiger partial charge in [0.15, 0.2) is 0 Å². The Morgan fingerprint density at radius 1 is 1.09 bits per heavy atom. The fraction of sp³-hybridized carbons (Fsp3) is 0.500. The van der Waals surface area contributed by atoms with Crippen LogP contribution >= 0.6 is 12.4 Å². The van der Waals surface area contributed by atoms with E-state index in [0.717, 1.165) is 31.5 Å². The molecule has 2 rings (SSSR count). The summed E-state index contributed by atoms with van der Waals surface area (Å²) in [6.07, 6.45) is 2.08. The fourth-order valence-electron chi connectivity index (χ4n) is 2.41. The first-order valence-electron chi connectivity index (χ1n) is 7.55. The molecule has 0 radical (unpaired) electrons. The molecule has 1 aromatic rings. The topological polar surface area (TPSA) is 70.2 Å². The summed E-state index contributed by atoms with van der Waals surface area (Å²) in [6, 6.07) is 9.78.